The van der Waals surface area contributed by atoms with E-state index in [9.17, 15) is 27.9 Å². The van der Waals surface area contributed by atoms with Gasteiger partial charge in [0.05, 0.1) is 28.3 Å². The molecule has 1 unspecified atom stereocenters. The fraction of sp³-hybridized carbons (Fsp3) is 0.138. The van der Waals surface area contributed by atoms with Gasteiger partial charge in [0, 0.05) is 11.6 Å². The second-order valence-electron chi connectivity index (χ2n) is 9.24. The molecule has 2 amide bonds. The van der Waals surface area contributed by atoms with Crippen LogP contribution in [0.2, 0.25) is 5.02 Å². The predicted octanol–water partition coefficient (Wildman–Crippen LogP) is 4.71. The minimum Gasteiger partial charge on any atom is -0.506 e. The highest BCUT2D eigenvalue weighted by Crippen LogP contribution is 2.35. The molecule has 0 spiro atoms. The normalized spacial score (nSPS) is 11.9. The molecular formula is C29H26ClN3O8S. The summed E-state index contributed by atoms with van der Waals surface area (Å²) in [6.07, 6.45) is -0.161. The van der Waals surface area contributed by atoms with Gasteiger partial charge in [-0.2, -0.15) is 0 Å². The number of nitrogens with one attached hydrogen (secondary N) is 2. The summed E-state index contributed by atoms with van der Waals surface area (Å²) >= 11 is 6.34. The van der Waals surface area contributed by atoms with Crippen LogP contribution in [-0.4, -0.2) is 55.3 Å². The van der Waals surface area contributed by atoms with Crippen LogP contribution in [0.5, 0.6) is 11.5 Å². The van der Waals surface area contributed by atoms with Crippen LogP contribution in [0.3, 0.4) is 0 Å². The number of phenols is 1. The Morgan fingerprint density at radius 1 is 0.952 bits per heavy atom. The number of nitrogens with zero attached hydrogens (tertiary/aromatic N) is 1. The molecule has 0 radical (unpaired) electrons. The first kappa shape index (κ1) is 30.2. The molecule has 11 nitrogen and oxygen atoms in total. The Kier molecular flexibility index (Phi) is 8.88. The Hall–Kier alpha value is -4.81. The topological polar surface area (TPSA) is 162 Å². The first-order chi connectivity index (χ1) is 19.8. The molecule has 0 aromatic heterocycles. The number of aromatic hydroxyl groups is 1. The maximum atomic E-state index is 13.0. The lowest BCUT2D eigenvalue weighted by Gasteiger charge is -2.21. The molecule has 4 N–H and O–H groups in total. The maximum absolute atomic E-state index is 13.0. The van der Waals surface area contributed by atoms with Crippen molar-refractivity contribution in [2.24, 2.45) is 0 Å². The maximum Gasteiger partial charge on any atom is 0.324 e. The number of aliphatic carboxylic acids is 1. The van der Waals surface area contributed by atoms with Crippen molar-refractivity contribution in [3.63, 3.8) is 0 Å². The van der Waals surface area contributed by atoms with Crippen molar-refractivity contribution in [2.45, 2.75) is 13.0 Å². The minimum atomic E-state index is -3.85. The molecule has 1 atom stereocenters. The number of benzene rings is 4. The number of amides is 2. The van der Waals surface area contributed by atoms with E-state index in [2.05, 4.69) is 10.6 Å². The number of halogens is 1. The molecule has 0 aliphatic rings. The van der Waals surface area contributed by atoms with E-state index >= 15 is 0 Å². The van der Waals surface area contributed by atoms with Crippen molar-refractivity contribution in [2.75, 3.05) is 27.7 Å². The molecule has 0 aliphatic carbocycles. The van der Waals surface area contributed by atoms with Gasteiger partial charge >= 0.3 is 5.97 Å². The van der Waals surface area contributed by atoms with Gasteiger partial charge in [-0.15, -0.1) is 0 Å². The summed E-state index contributed by atoms with van der Waals surface area (Å²) in [6, 6.07) is 20.7. The molecule has 0 fully saturated rings. The Labute approximate surface area is 246 Å². The zero-order valence-electron chi connectivity index (χ0n) is 22.4. The van der Waals surface area contributed by atoms with Gasteiger partial charge in [0.15, 0.2) is 6.10 Å². The third-order valence-corrected chi connectivity index (χ3v) is 7.56. The Morgan fingerprint density at radius 3 is 2.29 bits per heavy atom. The van der Waals surface area contributed by atoms with Crippen molar-refractivity contribution in [3.8, 4) is 11.5 Å². The third-order valence-electron chi connectivity index (χ3n) is 6.11. The average molecular weight is 612 g/mol. The highest BCUT2D eigenvalue weighted by atomic mass is 35.5. The average Bonchev–Trinajstić information content (AvgIpc) is 2.93. The minimum absolute atomic E-state index is 0.0465. The van der Waals surface area contributed by atoms with Crippen LogP contribution in [0.15, 0.2) is 78.9 Å². The lowest BCUT2D eigenvalue weighted by atomic mass is 10.0. The first-order valence-electron chi connectivity index (χ1n) is 12.4. The van der Waals surface area contributed by atoms with E-state index in [0.717, 1.165) is 21.3 Å². The molecule has 0 aliphatic heterocycles. The number of hydrogen-bond donors (Lipinski definition) is 4. The summed E-state index contributed by atoms with van der Waals surface area (Å²) in [5.41, 5.74) is 0.641. The van der Waals surface area contributed by atoms with Crippen LogP contribution >= 0.6 is 11.6 Å². The van der Waals surface area contributed by atoms with Gasteiger partial charge in [0.1, 0.15) is 18.0 Å². The molecule has 42 heavy (non-hydrogen) atoms. The lowest BCUT2D eigenvalue weighted by molar-refractivity contribution is -0.135. The van der Waals surface area contributed by atoms with Crippen molar-refractivity contribution in [1.82, 2.24) is 0 Å². The summed E-state index contributed by atoms with van der Waals surface area (Å²) in [5, 5.41) is 26.4. The van der Waals surface area contributed by atoms with E-state index in [1.165, 1.54) is 43.3 Å². The van der Waals surface area contributed by atoms with Crippen LogP contribution in [0.1, 0.15) is 17.3 Å². The zero-order valence-corrected chi connectivity index (χ0v) is 23.9. The first-order valence-corrected chi connectivity index (χ1v) is 14.6. The molecule has 4 rings (SSSR count). The molecule has 4 aromatic rings. The highest BCUT2D eigenvalue weighted by molar-refractivity contribution is 7.92. The van der Waals surface area contributed by atoms with E-state index in [1.807, 2.05) is 30.3 Å². The van der Waals surface area contributed by atoms with E-state index < -0.39 is 40.5 Å². The number of carbonyl (C=O) groups excluding carboxylic acids is 2. The number of carbonyl (C=O) groups is 3. The molecule has 13 heteroatoms. The zero-order chi connectivity index (χ0) is 30.6. The standard InChI is InChI=1S/C29H26ClN3O8S/c1-17(41-20-12-10-19(11-13-20)33(16-27(35)36)42(2,39)40)28(37)31-24-15-26(34)25(14-23(24)30)32-29(38)22-9-5-7-18-6-3-4-8-21(18)22/h3-15,17,34H,16H2,1-2H3,(H,31,37)(H,32,38)(H,35,36). The molecule has 0 saturated heterocycles. The van der Waals surface area contributed by atoms with Gasteiger partial charge in [-0.1, -0.05) is 48.0 Å². The predicted molar refractivity (Wildman–Crippen MR) is 160 cm³/mol. The van der Waals surface area contributed by atoms with Crippen LogP contribution < -0.4 is 19.7 Å². The monoisotopic (exact) mass is 611 g/mol. The molecule has 218 valence electrons. The summed E-state index contributed by atoms with van der Waals surface area (Å²) in [5.74, 6) is -2.51. The largest absolute Gasteiger partial charge is 0.506 e. The number of hydrogen-bond acceptors (Lipinski definition) is 7. The highest BCUT2D eigenvalue weighted by Gasteiger charge is 2.22. The second-order valence-corrected chi connectivity index (χ2v) is 11.6. The SMILES string of the molecule is CC(Oc1ccc(N(CC(=O)O)S(C)(=O)=O)cc1)C(=O)Nc1cc(O)c(NC(=O)c2cccc3ccccc23)cc1Cl. The quantitative estimate of drug-likeness (QED) is 0.187. The summed E-state index contributed by atoms with van der Waals surface area (Å²) < 4.78 is 30.3. The van der Waals surface area contributed by atoms with Crippen molar-refractivity contribution in [1.29, 1.82) is 0 Å². The third kappa shape index (κ3) is 7.09. The van der Waals surface area contributed by atoms with Gasteiger partial charge < -0.3 is 25.6 Å². The number of carboxylic acids is 1. The molecule has 0 saturated carbocycles. The number of anilines is 3. The van der Waals surface area contributed by atoms with Gasteiger partial charge in [-0.3, -0.25) is 18.7 Å². The summed E-state index contributed by atoms with van der Waals surface area (Å²) in [7, 11) is -3.85. The van der Waals surface area contributed by atoms with Gasteiger partial charge in [-0.25, -0.2) is 8.42 Å². The number of rotatable bonds is 10. The van der Waals surface area contributed by atoms with E-state index in [-0.39, 0.29) is 33.6 Å². The second kappa shape index (κ2) is 12.4. The molecule has 0 heterocycles. The van der Waals surface area contributed by atoms with E-state index in [4.69, 9.17) is 21.4 Å². The van der Waals surface area contributed by atoms with Gasteiger partial charge in [0.25, 0.3) is 11.8 Å². The Balaban J connectivity index is 1.42. The van der Waals surface area contributed by atoms with Crippen LogP contribution in [0.25, 0.3) is 10.8 Å². The van der Waals surface area contributed by atoms with Gasteiger partial charge in [-0.05, 0) is 54.1 Å². The summed E-state index contributed by atoms with van der Waals surface area (Å²) in [6.45, 7) is 0.708. The molecule has 0 bridgehead atoms. The fourth-order valence-electron chi connectivity index (χ4n) is 4.08. The Bertz CT molecular complexity index is 1770. The number of phenolic OH excluding ortho intramolecular Hbond substituents is 1. The Morgan fingerprint density at radius 2 is 1.62 bits per heavy atom. The molecule has 4 aromatic carbocycles. The van der Waals surface area contributed by atoms with Crippen LogP contribution in [0, 0.1) is 0 Å². The summed E-state index contributed by atoms with van der Waals surface area (Å²) in [4.78, 5) is 36.8. The van der Waals surface area contributed by atoms with Crippen molar-refractivity contribution in [3.05, 3.63) is 89.4 Å². The number of sulfonamides is 1. The van der Waals surface area contributed by atoms with Crippen molar-refractivity contribution >= 4 is 67.2 Å². The van der Waals surface area contributed by atoms with Gasteiger partial charge in [0.2, 0.25) is 10.0 Å². The van der Waals surface area contributed by atoms with E-state index in [0.29, 0.717) is 5.56 Å². The van der Waals surface area contributed by atoms with Crippen molar-refractivity contribution < 1.29 is 37.8 Å². The number of carboxylic acid groups (broad SMARTS) is 1. The van der Waals surface area contributed by atoms with Crippen LogP contribution in [0.4, 0.5) is 17.1 Å². The van der Waals surface area contributed by atoms with E-state index in [1.54, 1.807) is 12.1 Å². The van der Waals surface area contributed by atoms with Crippen LogP contribution in [-0.2, 0) is 19.6 Å². The fourth-order valence-corrected chi connectivity index (χ4v) is 5.14. The smallest absolute Gasteiger partial charge is 0.324 e. The molecular weight excluding hydrogens is 586 g/mol. The lowest BCUT2D eigenvalue weighted by Crippen LogP contribution is -2.34. The number of fused-ring (bicyclic) bond motifs is 1. The number of ether oxygens (including phenoxy) is 1.